The molecule has 2 N–H and O–H groups in total. The van der Waals surface area contributed by atoms with Crippen molar-refractivity contribution in [1.29, 1.82) is 0 Å². The molecule has 0 aliphatic rings. The summed E-state index contributed by atoms with van der Waals surface area (Å²) in [5, 5.41) is 6.09. The molecule has 0 saturated carbocycles. The molecule has 0 fully saturated rings. The van der Waals surface area contributed by atoms with Crippen LogP contribution in [0.4, 0.5) is 0 Å². The largest absolute Gasteiger partial charge is 0.356 e. The van der Waals surface area contributed by atoms with Gasteiger partial charge in [0.1, 0.15) is 0 Å². The Labute approximate surface area is 97.2 Å². The van der Waals surface area contributed by atoms with E-state index >= 15 is 0 Å². The number of hydrogen-bond donors (Lipinski definition) is 2. The number of carbonyl (C=O) groups excluding carboxylic acids is 1. The highest BCUT2D eigenvalue weighted by Gasteiger charge is 2.06. The van der Waals surface area contributed by atoms with Crippen LogP contribution in [0.2, 0.25) is 0 Å². The molecule has 0 aromatic heterocycles. The van der Waals surface area contributed by atoms with Crippen molar-refractivity contribution >= 4 is 5.91 Å². The van der Waals surface area contributed by atoms with Crippen molar-refractivity contribution in [2.75, 3.05) is 13.6 Å². The standard InChI is InChI=1S/C13H20N2O/c1-11(16)15-9-8-13(14-2)10-12-6-4-3-5-7-12/h3-7,13-14H,8-10H2,1-2H3,(H,15,16). The van der Waals surface area contributed by atoms with E-state index in [1.807, 2.05) is 13.1 Å². The van der Waals surface area contributed by atoms with Gasteiger partial charge in [0.05, 0.1) is 0 Å². The molecule has 3 nitrogen and oxygen atoms in total. The molecule has 88 valence electrons. The van der Waals surface area contributed by atoms with Crippen LogP contribution in [-0.2, 0) is 11.2 Å². The molecule has 0 saturated heterocycles. The average Bonchev–Trinajstić information content (AvgIpc) is 2.28. The monoisotopic (exact) mass is 220 g/mol. The second-order valence-electron chi connectivity index (χ2n) is 3.95. The third-order valence-corrected chi connectivity index (χ3v) is 2.60. The summed E-state index contributed by atoms with van der Waals surface area (Å²) in [6.45, 7) is 2.28. The fourth-order valence-corrected chi connectivity index (χ4v) is 1.67. The zero-order chi connectivity index (χ0) is 11.8. The number of amides is 1. The molecule has 0 spiro atoms. The van der Waals surface area contributed by atoms with Gasteiger partial charge < -0.3 is 10.6 Å². The average molecular weight is 220 g/mol. The van der Waals surface area contributed by atoms with Crippen molar-refractivity contribution in [2.24, 2.45) is 0 Å². The lowest BCUT2D eigenvalue weighted by molar-refractivity contribution is -0.118. The minimum Gasteiger partial charge on any atom is -0.356 e. The highest BCUT2D eigenvalue weighted by Crippen LogP contribution is 2.04. The summed E-state index contributed by atoms with van der Waals surface area (Å²) in [5.41, 5.74) is 1.32. The summed E-state index contributed by atoms with van der Waals surface area (Å²) >= 11 is 0. The van der Waals surface area contributed by atoms with Gasteiger partial charge in [-0.05, 0) is 25.5 Å². The van der Waals surface area contributed by atoms with Crippen LogP contribution in [0.15, 0.2) is 30.3 Å². The minimum atomic E-state index is 0.0366. The van der Waals surface area contributed by atoms with Gasteiger partial charge in [0.15, 0.2) is 0 Å². The summed E-state index contributed by atoms with van der Waals surface area (Å²) in [4.78, 5) is 10.7. The Hall–Kier alpha value is -1.35. The van der Waals surface area contributed by atoms with E-state index in [2.05, 4.69) is 34.9 Å². The zero-order valence-electron chi connectivity index (χ0n) is 9.99. The van der Waals surface area contributed by atoms with Crippen LogP contribution < -0.4 is 10.6 Å². The van der Waals surface area contributed by atoms with Crippen LogP contribution in [0.5, 0.6) is 0 Å². The molecular weight excluding hydrogens is 200 g/mol. The molecule has 3 heteroatoms. The van der Waals surface area contributed by atoms with Crippen molar-refractivity contribution < 1.29 is 4.79 Å². The molecule has 1 aromatic rings. The summed E-state index contributed by atoms with van der Waals surface area (Å²) < 4.78 is 0. The van der Waals surface area contributed by atoms with E-state index in [-0.39, 0.29) is 5.91 Å². The van der Waals surface area contributed by atoms with Gasteiger partial charge in [-0.3, -0.25) is 4.79 Å². The van der Waals surface area contributed by atoms with Gasteiger partial charge in [0, 0.05) is 19.5 Å². The predicted molar refractivity (Wildman–Crippen MR) is 66.3 cm³/mol. The van der Waals surface area contributed by atoms with E-state index in [0.29, 0.717) is 6.04 Å². The number of benzene rings is 1. The Balaban J connectivity index is 2.34. The molecule has 1 atom stereocenters. The highest BCUT2D eigenvalue weighted by atomic mass is 16.1. The number of carbonyl (C=O) groups is 1. The van der Waals surface area contributed by atoms with Crippen LogP contribution in [0.1, 0.15) is 18.9 Å². The Kier molecular flexibility index (Phi) is 5.57. The minimum absolute atomic E-state index is 0.0366. The third kappa shape index (κ3) is 4.94. The first-order chi connectivity index (χ1) is 7.72. The fourth-order valence-electron chi connectivity index (χ4n) is 1.67. The molecule has 0 aliphatic carbocycles. The quantitative estimate of drug-likeness (QED) is 0.759. The van der Waals surface area contributed by atoms with Crippen molar-refractivity contribution in [3.05, 3.63) is 35.9 Å². The van der Waals surface area contributed by atoms with E-state index in [1.165, 1.54) is 5.56 Å². The van der Waals surface area contributed by atoms with Gasteiger partial charge in [-0.1, -0.05) is 30.3 Å². The SMILES string of the molecule is CNC(CCNC(C)=O)Cc1ccccc1. The van der Waals surface area contributed by atoms with E-state index < -0.39 is 0 Å². The summed E-state index contributed by atoms with van der Waals surface area (Å²) in [7, 11) is 1.96. The first-order valence-corrected chi connectivity index (χ1v) is 5.68. The lowest BCUT2D eigenvalue weighted by Gasteiger charge is -2.16. The third-order valence-electron chi connectivity index (χ3n) is 2.60. The first kappa shape index (κ1) is 12.7. The van der Waals surface area contributed by atoms with Crippen molar-refractivity contribution in [3.63, 3.8) is 0 Å². The molecule has 0 heterocycles. The van der Waals surface area contributed by atoms with Crippen LogP contribution >= 0.6 is 0 Å². The van der Waals surface area contributed by atoms with Gasteiger partial charge >= 0.3 is 0 Å². The van der Waals surface area contributed by atoms with E-state index in [4.69, 9.17) is 0 Å². The van der Waals surface area contributed by atoms with Crippen LogP contribution in [0.3, 0.4) is 0 Å². The van der Waals surface area contributed by atoms with Crippen molar-refractivity contribution in [1.82, 2.24) is 10.6 Å². The van der Waals surface area contributed by atoms with Crippen LogP contribution in [0.25, 0.3) is 0 Å². The zero-order valence-corrected chi connectivity index (χ0v) is 9.99. The lowest BCUT2D eigenvalue weighted by Crippen LogP contribution is -2.33. The second kappa shape index (κ2) is 7.01. The molecule has 1 unspecified atom stereocenters. The second-order valence-corrected chi connectivity index (χ2v) is 3.95. The highest BCUT2D eigenvalue weighted by molar-refractivity contribution is 5.72. The van der Waals surface area contributed by atoms with Gasteiger partial charge in [-0.25, -0.2) is 0 Å². The number of likely N-dealkylation sites (N-methyl/N-ethyl adjacent to an activating group) is 1. The van der Waals surface area contributed by atoms with Crippen LogP contribution in [0, 0.1) is 0 Å². The molecule has 0 aliphatic heterocycles. The summed E-state index contributed by atoms with van der Waals surface area (Å²) in [6, 6.07) is 10.8. The molecule has 1 rings (SSSR count). The maximum Gasteiger partial charge on any atom is 0.216 e. The molecule has 16 heavy (non-hydrogen) atoms. The maximum atomic E-state index is 10.7. The number of rotatable bonds is 6. The number of hydrogen-bond acceptors (Lipinski definition) is 2. The molecular formula is C13H20N2O. The lowest BCUT2D eigenvalue weighted by atomic mass is 10.0. The van der Waals surface area contributed by atoms with E-state index in [9.17, 15) is 4.79 Å². The fraction of sp³-hybridized carbons (Fsp3) is 0.462. The maximum absolute atomic E-state index is 10.7. The van der Waals surface area contributed by atoms with E-state index in [1.54, 1.807) is 6.92 Å². The number of nitrogens with one attached hydrogen (secondary N) is 2. The summed E-state index contributed by atoms with van der Waals surface area (Å²) in [5.74, 6) is 0.0366. The van der Waals surface area contributed by atoms with Gasteiger partial charge in [0.25, 0.3) is 0 Å². The smallest absolute Gasteiger partial charge is 0.216 e. The molecule has 1 amide bonds. The Morgan fingerprint density at radius 3 is 2.56 bits per heavy atom. The van der Waals surface area contributed by atoms with Crippen molar-refractivity contribution in [2.45, 2.75) is 25.8 Å². The molecule has 0 bridgehead atoms. The molecule has 1 aromatic carbocycles. The van der Waals surface area contributed by atoms with Gasteiger partial charge in [0.2, 0.25) is 5.91 Å². The van der Waals surface area contributed by atoms with Crippen LogP contribution in [-0.4, -0.2) is 25.5 Å². The topological polar surface area (TPSA) is 41.1 Å². The normalized spacial score (nSPS) is 12.1. The Morgan fingerprint density at radius 2 is 2.00 bits per heavy atom. The Morgan fingerprint density at radius 1 is 1.31 bits per heavy atom. The summed E-state index contributed by atoms with van der Waals surface area (Å²) in [6.07, 6.45) is 1.95. The van der Waals surface area contributed by atoms with Gasteiger partial charge in [-0.2, -0.15) is 0 Å². The van der Waals surface area contributed by atoms with E-state index in [0.717, 1.165) is 19.4 Å². The van der Waals surface area contributed by atoms with Crippen molar-refractivity contribution in [3.8, 4) is 0 Å². The first-order valence-electron chi connectivity index (χ1n) is 5.68. The Bertz CT molecular complexity index is 311. The molecule has 0 radical (unpaired) electrons. The predicted octanol–water partition coefficient (Wildman–Crippen LogP) is 1.34. The van der Waals surface area contributed by atoms with Gasteiger partial charge in [-0.15, -0.1) is 0 Å².